The Balaban J connectivity index is 1.82. The molecule has 22 heavy (non-hydrogen) atoms. The first kappa shape index (κ1) is 16.5. The summed E-state index contributed by atoms with van der Waals surface area (Å²) < 4.78 is 5.95. The van der Waals surface area contributed by atoms with Crippen LogP contribution in [0.25, 0.3) is 0 Å². The zero-order valence-electron chi connectivity index (χ0n) is 12.1. The zero-order valence-corrected chi connectivity index (χ0v) is 14.3. The van der Waals surface area contributed by atoms with Gasteiger partial charge in [-0.2, -0.15) is 0 Å². The highest BCUT2D eigenvalue weighted by atomic mass is 127. The van der Waals surface area contributed by atoms with Gasteiger partial charge in [0.05, 0.1) is 12.1 Å². The van der Waals surface area contributed by atoms with Gasteiger partial charge in [0, 0.05) is 3.57 Å². The van der Waals surface area contributed by atoms with Gasteiger partial charge in [-0.3, -0.25) is 9.59 Å². The molecule has 5 heteroatoms. The molecule has 0 atom stereocenters. The Labute approximate surface area is 143 Å². The third kappa shape index (κ3) is 4.84. The van der Waals surface area contributed by atoms with Crippen LogP contribution >= 0.6 is 22.6 Å². The van der Waals surface area contributed by atoms with Gasteiger partial charge in [-0.05, 0) is 52.8 Å². The number of nitrogens with one attached hydrogen (secondary N) is 1. The Morgan fingerprint density at radius 2 is 1.77 bits per heavy atom. The van der Waals surface area contributed by atoms with Gasteiger partial charge in [0.25, 0.3) is 5.91 Å². The predicted octanol–water partition coefficient (Wildman–Crippen LogP) is 3.32. The number of rotatable bonds is 5. The van der Waals surface area contributed by atoms with Crippen molar-refractivity contribution in [3.63, 3.8) is 0 Å². The fraction of sp³-hybridized carbons (Fsp3) is 0.176. The number of hydrogen-bond donors (Lipinski definition) is 1. The summed E-state index contributed by atoms with van der Waals surface area (Å²) in [6.45, 7) is 1.66. The smallest absolute Gasteiger partial charge is 0.310 e. The molecule has 0 bridgehead atoms. The van der Waals surface area contributed by atoms with Gasteiger partial charge in [0.15, 0.2) is 6.61 Å². The molecule has 0 unspecified atom stereocenters. The minimum Gasteiger partial charge on any atom is -0.455 e. The summed E-state index contributed by atoms with van der Waals surface area (Å²) in [6, 6.07) is 15.0. The molecule has 0 aliphatic rings. The molecule has 0 fully saturated rings. The van der Waals surface area contributed by atoms with Crippen LogP contribution in [0.5, 0.6) is 0 Å². The molecule has 0 saturated carbocycles. The van der Waals surface area contributed by atoms with Gasteiger partial charge in [-0.1, -0.05) is 36.4 Å². The second-order valence-corrected chi connectivity index (χ2v) is 5.95. The maximum Gasteiger partial charge on any atom is 0.310 e. The normalized spacial score (nSPS) is 10.1. The lowest BCUT2D eigenvalue weighted by molar-refractivity contribution is -0.146. The molecule has 2 rings (SSSR count). The first-order valence-electron chi connectivity index (χ1n) is 6.81. The lowest BCUT2D eigenvalue weighted by Crippen LogP contribution is -2.22. The van der Waals surface area contributed by atoms with Crippen molar-refractivity contribution in [2.45, 2.75) is 13.3 Å². The molecule has 4 nitrogen and oxygen atoms in total. The number of carbonyl (C=O) groups is 2. The van der Waals surface area contributed by atoms with E-state index in [0.29, 0.717) is 5.69 Å². The van der Waals surface area contributed by atoms with Crippen LogP contribution in [-0.4, -0.2) is 18.5 Å². The van der Waals surface area contributed by atoms with Crippen LogP contribution in [0.1, 0.15) is 11.1 Å². The maximum absolute atomic E-state index is 11.8. The van der Waals surface area contributed by atoms with E-state index in [1.165, 1.54) is 0 Å². The van der Waals surface area contributed by atoms with Crippen molar-refractivity contribution in [1.29, 1.82) is 0 Å². The summed E-state index contributed by atoms with van der Waals surface area (Å²) in [5, 5.41) is 2.72. The minimum absolute atomic E-state index is 0.169. The average Bonchev–Trinajstić information content (AvgIpc) is 2.50. The van der Waals surface area contributed by atoms with Crippen LogP contribution in [0.4, 0.5) is 5.69 Å². The van der Waals surface area contributed by atoms with E-state index in [1.807, 2.05) is 49.4 Å². The Morgan fingerprint density at radius 3 is 2.50 bits per heavy atom. The Hall–Kier alpha value is -1.89. The fourth-order valence-electron chi connectivity index (χ4n) is 1.91. The number of anilines is 1. The number of aryl methyl sites for hydroxylation is 1. The van der Waals surface area contributed by atoms with Crippen LogP contribution < -0.4 is 5.32 Å². The summed E-state index contributed by atoms with van der Waals surface area (Å²) in [7, 11) is 0. The van der Waals surface area contributed by atoms with Crippen LogP contribution in [0, 0.1) is 10.5 Å². The van der Waals surface area contributed by atoms with E-state index >= 15 is 0 Å². The van der Waals surface area contributed by atoms with Gasteiger partial charge in [-0.15, -0.1) is 0 Å². The van der Waals surface area contributed by atoms with E-state index in [-0.39, 0.29) is 18.9 Å². The van der Waals surface area contributed by atoms with Gasteiger partial charge < -0.3 is 10.1 Å². The van der Waals surface area contributed by atoms with E-state index in [4.69, 9.17) is 4.74 Å². The molecule has 0 aromatic heterocycles. The predicted molar refractivity (Wildman–Crippen MR) is 93.6 cm³/mol. The molecule has 0 aliphatic carbocycles. The standard InChI is InChI=1S/C17H16INO3/c1-12-6-2-3-7-13(12)10-17(21)22-11-16(20)19-15-9-5-4-8-14(15)18/h2-9H,10-11H2,1H3,(H,19,20). The van der Waals surface area contributed by atoms with Gasteiger partial charge >= 0.3 is 5.97 Å². The van der Waals surface area contributed by atoms with Crippen molar-refractivity contribution in [3.8, 4) is 0 Å². The van der Waals surface area contributed by atoms with Crippen molar-refractivity contribution in [2.75, 3.05) is 11.9 Å². The van der Waals surface area contributed by atoms with Crippen molar-refractivity contribution in [2.24, 2.45) is 0 Å². The summed E-state index contributed by atoms with van der Waals surface area (Å²) in [4.78, 5) is 23.6. The average molecular weight is 409 g/mol. The number of halogens is 1. The molecule has 1 amide bonds. The quantitative estimate of drug-likeness (QED) is 0.609. The largest absolute Gasteiger partial charge is 0.455 e. The first-order valence-corrected chi connectivity index (χ1v) is 7.88. The summed E-state index contributed by atoms with van der Waals surface area (Å²) in [5.74, 6) is -0.755. The molecular formula is C17H16INO3. The molecule has 0 radical (unpaired) electrons. The van der Waals surface area contributed by atoms with E-state index in [0.717, 1.165) is 14.7 Å². The minimum atomic E-state index is -0.410. The number of ether oxygens (including phenoxy) is 1. The van der Waals surface area contributed by atoms with Gasteiger partial charge in [0.1, 0.15) is 0 Å². The second kappa shape index (κ2) is 7.93. The molecular weight excluding hydrogens is 393 g/mol. The van der Waals surface area contributed by atoms with E-state index in [1.54, 1.807) is 6.07 Å². The Bertz CT molecular complexity index is 626. The van der Waals surface area contributed by atoms with E-state index < -0.39 is 5.97 Å². The highest BCUT2D eigenvalue weighted by Crippen LogP contribution is 2.16. The van der Waals surface area contributed by atoms with Crippen molar-refractivity contribution in [1.82, 2.24) is 0 Å². The zero-order chi connectivity index (χ0) is 15.9. The number of esters is 1. The SMILES string of the molecule is Cc1ccccc1CC(=O)OCC(=O)Nc1ccccc1I. The lowest BCUT2D eigenvalue weighted by atomic mass is 10.1. The van der Waals surface area contributed by atoms with Gasteiger partial charge in [0.2, 0.25) is 0 Å². The van der Waals surface area contributed by atoms with Gasteiger partial charge in [-0.25, -0.2) is 0 Å². The number of amides is 1. The second-order valence-electron chi connectivity index (χ2n) is 4.79. The number of para-hydroxylation sites is 1. The molecule has 1 N–H and O–H groups in total. The van der Waals surface area contributed by atoms with E-state index in [2.05, 4.69) is 27.9 Å². The van der Waals surface area contributed by atoms with Crippen LogP contribution in [-0.2, 0) is 20.7 Å². The van der Waals surface area contributed by atoms with Crippen molar-refractivity contribution in [3.05, 3.63) is 63.2 Å². The fourth-order valence-corrected chi connectivity index (χ4v) is 2.43. The molecule has 0 aliphatic heterocycles. The van der Waals surface area contributed by atoms with Crippen LogP contribution in [0.2, 0.25) is 0 Å². The molecule has 114 valence electrons. The highest BCUT2D eigenvalue weighted by Gasteiger charge is 2.10. The molecule has 2 aromatic carbocycles. The third-order valence-electron chi connectivity index (χ3n) is 3.11. The third-order valence-corrected chi connectivity index (χ3v) is 4.05. The topological polar surface area (TPSA) is 55.4 Å². The number of benzene rings is 2. The highest BCUT2D eigenvalue weighted by molar-refractivity contribution is 14.1. The number of carbonyl (C=O) groups excluding carboxylic acids is 2. The van der Waals surface area contributed by atoms with Crippen LogP contribution in [0.15, 0.2) is 48.5 Å². The number of hydrogen-bond acceptors (Lipinski definition) is 3. The van der Waals surface area contributed by atoms with Crippen molar-refractivity contribution < 1.29 is 14.3 Å². The first-order chi connectivity index (χ1) is 10.6. The maximum atomic E-state index is 11.8. The Morgan fingerprint density at radius 1 is 1.09 bits per heavy atom. The molecule has 0 saturated heterocycles. The monoisotopic (exact) mass is 409 g/mol. The Kier molecular flexibility index (Phi) is 5.94. The van der Waals surface area contributed by atoms with E-state index in [9.17, 15) is 9.59 Å². The molecule has 0 spiro atoms. The van der Waals surface area contributed by atoms with Crippen LogP contribution in [0.3, 0.4) is 0 Å². The molecule has 0 heterocycles. The molecule has 2 aromatic rings. The summed E-state index contributed by atoms with van der Waals surface area (Å²) in [5.41, 5.74) is 2.65. The lowest BCUT2D eigenvalue weighted by Gasteiger charge is -2.09. The summed E-state index contributed by atoms with van der Waals surface area (Å²) in [6.07, 6.45) is 0.169. The van der Waals surface area contributed by atoms with Crippen molar-refractivity contribution >= 4 is 40.2 Å². The summed E-state index contributed by atoms with van der Waals surface area (Å²) >= 11 is 2.13.